The zero-order chi connectivity index (χ0) is 38.5. The molecule has 0 radical (unpaired) electrons. The number of methoxy groups -OCH3 is 1. The number of benzene rings is 3. The lowest BCUT2D eigenvalue weighted by atomic mass is 10.1. The van der Waals surface area contributed by atoms with Gasteiger partial charge in [0.1, 0.15) is 18.1 Å². The average molecular weight is 761 g/mol. The van der Waals surface area contributed by atoms with Gasteiger partial charge in [-0.3, -0.25) is 9.38 Å². The van der Waals surface area contributed by atoms with E-state index in [1.54, 1.807) is 16.6 Å². The van der Waals surface area contributed by atoms with Crippen LogP contribution in [0.1, 0.15) is 17.2 Å². The molecule has 0 unspecified atom stereocenters. The van der Waals surface area contributed by atoms with Crippen molar-refractivity contribution in [3.8, 4) is 34.0 Å². The van der Waals surface area contributed by atoms with Crippen LogP contribution in [0.15, 0.2) is 103 Å². The van der Waals surface area contributed by atoms with Gasteiger partial charge in [0.05, 0.1) is 24.2 Å². The Morgan fingerprint density at radius 2 is 1.20 bits per heavy atom. The number of alkyl halides is 8. The van der Waals surface area contributed by atoms with Crippen molar-refractivity contribution in [3.63, 3.8) is 0 Å². The maximum absolute atomic E-state index is 13.7. The maximum Gasteiger partial charge on any atom is 0.573 e. The molecular weight excluding hydrogens is 736 g/mol. The molecule has 3 aromatic carbocycles. The van der Waals surface area contributed by atoms with Gasteiger partial charge in [0.15, 0.2) is 17.1 Å². The minimum absolute atomic E-state index is 0.0625. The van der Waals surface area contributed by atoms with E-state index in [2.05, 4.69) is 44.7 Å². The van der Waals surface area contributed by atoms with Crippen molar-refractivity contribution >= 4 is 11.3 Å². The lowest BCUT2D eigenvalue weighted by molar-refractivity contribution is -0.275. The molecule has 0 bridgehead atoms. The topological polar surface area (TPSA) is 123 Å². The first-order chi connectivity index (χ1) is 25.7. The number of hydrogen-bond donors (Lipinski definition) is 0. The minimum Gasteiger partial charge on any atom is -0.406 e. The van der Waals surface area contributed by atoms with Crippen LogP contribution in [-0.2, 0) is 28.8 Å². The molecule has 0 saturated heterocycles. The van der Waals surface area contributed by atoms with Crippen LogP contribution in [0.2, 0.25) is 0 Å². The maximum atomic E-state index is 13.7. The van der Waals surface area contributed by atoms with E-state index in [4.69, 9.17) is 4.74 Å². The molecule has 20 heteroatoms. The quantitative estimate of drug-likeness (QED) is 0.128. The summed E-state index contributed by atoms with van der Waals surface area (Å²) >= 11 is 0. The Bertz CT molecular complexity index is 2320. The molecule has 7 rings (SSSR count). The second-order valence-electron chi connectivity index (χ2n) is 11.0. The van der Waals surface area contributed by atoms with Crippen molar-refractivity contribution in [3.05, 3.63) is 121 Å². The van der Waals surface area contributed by atoms with Crippen LogP contribution in [0, 0.1) is 0 Å². The Hall–Kier alpha value is -6.28. The van der Waals surface area contributed by atoms with Crippen LogP contribution in [0.4, 0.5) is 35.1 Å². The third kappa shape index (κ3) is 9.38. The summed E-state index contributed by atoms with van der Waals surface area (Å²) in [6.07, 6.45) is -10.8. The summed E-state index contributed by atoms with van der Waals surface area (Å²) in [4.78, 5) is 4.03. The zero-order valence-corrected chi connectivity index (χ0v) is 27.5. The molecule has 7 aromatic rings. The van der Waals surface area contributed by atoms with Crippen LogP contribution >= 0.6 is 0 Å². The lowest BCUT2D eigenvalue weighted by Crippen LogP contribution is -2.19. The molecule has 4 aromatic heterocycles. The van der Waals surface area contributed by atoms with Crippen molar-refractivity contribution in [2.75, 3.05) is 7.11 Å². The molecule has 0 atom stereocenters. The number of nitrogens with zero attached hydrogens (tertiary/aromatic N) is 8. The zero-order valence-electron chi connectivity index (χ0n) is 27.5. The van der Waals surface area contributed by atoms with Gasteiger partial charge in [0.25, 0.3) is 0 Å². The van der Waals surface area contributed by atoms with E-state index >= 15 is 0 Å². The van der Waals surface area contributed by atoms with Gasteiger partial charge >= 0.3 is 18.8 Å². The van der Waals surface area contributed by atoms with E-state index in [0.29, 0.717) is 34.9 Å². The molecular formula is C34H24F8N8O4. The Balaban J connectivity index is 0.000000186. The van der Waals surface area contributed by atoms with Crippen molar-refractivity contribution in [1.82, 2.24) is 39.4 Å². The normalized spacial score (nSPS) is 12.1. The predicted molar refractivity (Wildman–Crippen MR) is 172 cm³/mol. The van der Waals surface area contributed by atoms with Crippen molar-refractivity contribution in [1.29, 1.82) is 0 Å². The fraction of sp³-hybridized carbons (Fsp3) is 0.176. The predicted octanol–water partition coefficient (Wildman–Crippen LogP) is 7.79. The van der Waals surface area contributed by atoms with Crippen LogP contribution in [-0.4, -0.2) is 59.2 Å². The Kier molecular flexibility index (Phi) is 10.7. The second kappa shape index (κ2) is 15.4. The largest absolute Gasteiger partial charge is 0.573 e. The number of fused-ring (bicyclic) bond motifs is 2. The molecule has 54 heavy (non-hydrogen) atoms. The highest BCUT2D eigenvalue weighted by Gasteiger charge is 2.37. The highest BCUT2D eigenvalue weighted by Crippen LogP contribution is 2.30. The number of rotatable bonds is 10. The number of aromatic nitrogens is 8. The number of hydrogen-bond acceptors (Lipinski definition) is 10. The molecule has 0 aliphatic carbocycles. The van der Waals surface area contributed by atoms with Gasteiger partial charge in [-0.15, -0.1) is 46.7 Å². The van der Waals surface area contributed by atoms with Crippen LogP contribution < -0.4 is 9.47 Å². The van der Waals surface area contributed by atoms with Gasteiger partial charge in [-0.1, -0.05) is 30.3 Å². The molecule has 12 nitrogen and oxygen atoms in total. The van der Waals surface area contributed by atoms with E-state index in [9.17, 15) is 35.1 Å². The van der Waals surface area contributed by atoms with Gasteiger partial charge in [-0.05, 0) is 66.2 Å². The summed E-state index contributed by atoms with van der Waals surface area (Å²) in [5.74, 6) is -0.921. The number of halogens is 8. The SMILES string of the molecule is COC(F)(F)c1nnc2cnc(-c3ccc(OC(F)(F)F)cc3)cn12.FC(F)(F)Oc1ccc(-c2ccc3nnc(COCc4ccccc4)n3n2)cc1. The molecule has 0 spiro atoms. The Labute approximate surface area is 298 Å². The first kappa shape index (κ1) is 37.5. The molecule has 0 N–H and O–H groups in total. The Morgan fingerprint density at radius 1 is 0.611 bits per heavy atom. The fourth-order valence-corrected chi connectivity index (χ4v) is 4.81. The molecule has 0 fully saturated rings. The average Bonchev–Trinajstić information content (AvgIpc) is 3.76. The van der Waals surface area contributed by atoms with Gasteiger partial charge in [-0.25, -0.2) is 0 Å². The standard InChI is InChI=1S/C20H15F3N4O2.C14H9F5N4O2/c21-20(22,23)29-16-8-6-15(7-9-16)17-10-11-18-24-25-19(27(18)26-17)13-28-12-14-4-2-1-3-5-14;1-24-13(15,16)12-22-21-11-6-20-10(7-23(11)12)8-2-4-9(5-3-8)25-14(17,18)19/h1-11H,12-13H2;2-7H,1H3. The smallest absolute Gasteiger partial charge is 0.406 e. The van der Waals surface area contributed by atoms with E-state index in [1.165, 1.54) is 48.8 Å². The van der Waals surface area contributed by atoms with E-state index in [-0.39, 0.29) is 23.7 Å². The summed E-state index contributed by atoms with van der Waals surface area (Å²) in [5, 5.41) is 19.6. The first-order valence-electron chi connectivity index (χ1n) is 15.4. The van der Waals surface area contributed by atoms with Crippen molar-refractivity contribution in [2.45, 2.75) is 32.0 Å². The summed E-state index contributed by atoms with van der Waals surface area (Å²) < 4.78 is 121. The molecule has 4 heterocycles. The van der Waals surface area contributed by atoms with E-state index < -0.39 is 30.4 Å². The molecule has 0 aliphatic rings. The van der Waals surface area contributed by atoms with Crippen LogP contribution in [0.25, 0.3) is 33.8 Å². The van der Waals surface area contributed by atoms with Crippen LogP contribution in [0.5, 0.6) is 11.5 Å². The number of ether oxygens (including phenoxy) is 4. The second-order valence-corrected chi connectivity index (χ2v) is 11.0. The Morgan fingerprint density at radius 3 is 1.80 bits per heavy atom. The molecule has 0 amide bonds. The van der Waals surface area contributed by atoms with Crippen LogP contribution in [0.3, 0.4) is 0 Å². The van der Waals surface area contributed by atoms with Gasteiger partial charge in [0.2, 0.25) is 5.82 Å². The van der Waals surface area contributed by atoms with E-state index in [0.717, 1.165) is 29.2 Å². The highest BCUT2D eigenvalue weighted by molar-refractivity contribution is 5.62. The highest BCUT2D eigenvalue weighted by atomic mass is 19.4. The molecule has 0 saturated carbocycles. The summed E-state index contributed by atoms with van der Waals surface area (Å²) in [6, 6.07) is 23.5. The molecule has 280 valence electrons. The van der Waals surface area contributed by atoms with Gasteiger partial charge in [-0.2, -0.15) is 18.4 Å². The fourth-order valence-electron chi connectivity index (χ4n) is 4.81. The molecule has 0 aliphatic heterocycles. The first-order valence-corrected chi connectivity index (χ1v) is 15.4. The summed E-state index contributed by atoms with van der Waals surface area (Å²) in [7, 11) is 0.822. The van der Waals surface area contributed by atoms with E-state index in [1.807, 2.05) is 30.3 Å². The summed E-state index contributed by atoms with van der Waals surface area (Å²) in [6.45, 7) is 0.640. The third-order valence-corrected chi connectivity index (χ3v) is 7.25. The monoisotopic (exact) mass is 760 g/mol. The minimum atomic E-state index is -4.80. The third-order valence-electron chi connectivity index (χ3n) is 7.25. The lowest BCUT2D eigenvalue weighted by Gasteiger charge is -2.12. The summed E-state index contributed by atoms with van der Waals surface area (Å²) in [5.41, 5.74) is 3.44. The van der Waals surface area contributed by atoms with Gasteiger partial charge in [0, 0.05) is 24.4 Å². The van der Waals surface area contributed by atoms with Crippen molar-refractivity contribution in [2.24, 2.45) is 0 Å². The van der Waals surface area contributed by atoms with Gasteiger partial charge < -0.3 is 18.9 Å². The van der Waals surface area contributed by atoms with Crippen molar-refractivity contribution < 1.29 is 54.1 Å².